The highest BCUT2D eigenvalue weighted by atomic mass is 35.5. The van der Waals surface area contributed by atoms with Crippen molar-refractivity contribution in [3.05, 3.63) is 57.9 Å². The van der Waals surface area contributed by atoms with Crippen LogP contribution in [0, 0.1) is 0 Å². The predicted octanol–water partition coefficient (Wildman–Crippen LogP) is 3.61. The first kappa shape index (κ1) is 13.3. The van der Waals surface area contributed by atoms with E-state index >= 15 is 0 Å². The van der Waals surface area contributed by atoms with Crippen molar-refractivity contribution in [1.29, 1.82) is 0 Å². The van der Waals surface area contributed by atoms with E-state index in [1.54, 1.807) is 6.20 Å². The average molecular weight is 287 g/mol. The van der Waals surface area contributed by atoms with Gasteiger partial charge in [-0.15, -0.1) is 0 Å². The number of fused-ring (bicyclic) bond motifs is 1. The van der Waals surface area contributed by atoms with Gasteiger partial charge in [0.25, 0.3) is 0 Å². The summed E-state index contributed by atoms with van der Waals surface area (Å²) in [6, 6.07) is 7.71. The van der Waals surface area contributed by atoms with Gasteiger partial charge in [0.1, 0.15) is 0 Å². The van der Waals surface area contributed by atoms with E-state index in [9.17, 15) is 4.79 Å². The summed E-state index contributed by atoms with van der Waals surface area (Å²) in [5.74, 6) is 0.257. The Bertz CT molecular complexity index is 669. The van der Waals surface area contributed by atoms with Crippen molar-refractivity contribution in [2.45, 2.75) is 32.1 Å². The Kier molecular flexibility index (Phi) is 3.53. The maximum atomic E-state index is 12.4. The van der Waals surface area contributed by atoms with Gasteiger partial charge in [-0.2, -0.15) is 10.2 Å². The second-order valence-electron chi connectivity index (χ2n) is 5.09. The molecule has 3 rings (SSSR count). The predicted molar refractivity (Wildman–Crippen MR) is 78.3 cm³/mol. The summed E-state index contributed by atoms with van der Waals surface area (Å²) in [6.45, 7) is 2.03. The molecule has 20 heavy (non-hydrogen) atoms. The largest absolute Gasteiger partial charge is 0.294 e. The lowest BCUT2D eigenvalue weighted by Crippen LogP contribution is -2.22. The lowest BCUT2D eigenvalue weighted by atomic mass is 9.80. The highest BCUT2D eigenvalue weighted by molar-refractivity contribution is 6.31. The Hall–Kier alpha value is -1.74. The number of carbonyl (C=O) groups is 1. The highest BCUT2D eigenvalue weighted by Crippen LogP contribution is 2.35. The molecule has 0 N–H and O–H groups in total. The molecule has 1 aromatic heterocycles. The molecule has 1 heterocycles. The molecule has 0 saturated carbocycles. The normalized spacial score (nSPS) is 17.9. The van der Waals surface area contributed by atoms with E-state index in [1.165, 1.54) is 0 Å². The number of nitrogens with zero attached hydrogens (tertiary/aromatic N) is 2. The van der Waals surface area contributed by atoms with Gasteiger partial charge in [-0.3, -0.25) is 4.79 Å². The zero-order valence-electron chi connectivity index (χ0n) is 11.3. The molecule has 1 aliphatic carbocycles. The number of carbonyl (C=O) groups excluding carboxylic acids is 1. The summed E-state index contributed by atoms with van der Waals surface area (Å²) in [7, 11) is 0. The number of aryl methyl sites for hydroxylation is 1. The molecule has 0 saturated heterocycles. The van der Waals surface area contributed by atoms with Crippen LogP contribution in [0.5, 0.6) is 0 Å². The Balaban J connectivity index is 2.02. The highest BCUT2D eigenvalue weighted by Gasteiger charge is 2.30. The van der Waals surface area contributed by atoms with E-state index in [2.05, 4.69) is 10.2 Å². The van der Waals surface area contributed by atoms with Gasteiger partial charge in [0, 0.05) is 17.0 Å². The third-order valence-electron chi connectivity index (χ3n) is 3.88. The zero-order valence-corrected chi connectivity index (χ0v) is 12.0. The number of hydrogen-bond acceptors (Lipinski definition) is 3. The van der Waals surface area contributed by atoms with E-state index in [0.717, 1.165) is 35.2 Å². The fraction of sp³-hybridized carbons (Fsp3) is 0.312. The summed E-state index contributed by atoms with van der Waals surface area (Å²) in [5, 5.41) is 8.90. The Morgan fingerprint density at radius 2 is 2.10 bits per heavy atom. The van der Waals surface area contributed by atoms with Crippen molar-refractivity contribution in [3.63, 3.8) is 0 Å². The van der Waals surface area contributed by atoms with Crippen LogP contribution in [0.2, 0.25) is 5.02 Å². The van der Waals surface area contributed by atoms with E-state index in [0.29, 0.717) is 11.4 Å². The fourth-order valence-corrected chi connectivity index (χ4v) is 3.17. The van der Waals surface area contributed by atoms with E-state index < -0.39 is 0 Å². The molecule has 1 aromatic carbocycles. The second-order valence-corrected chi connectivity index (χ2v) is 5.50. The number of hydrogen-bond donors (Lipinski definition) is 0. The van der Waals surface area contributed by atoms with Crippen LogP contribution in [0.3, 0.4) is 0 Å². The van der Waals surface area contributed by atoms with Crippen LogP contribution >= 0.6 is 11.6 Å². The van der Waals surface area contributed by atoms with Crippen molar-refractivity contribution >= 4 is 17.4 Å². The smallest absolute Gasteiger partial charge is 0.165 e. The van der Waals surface area contributed by atoms with Gasteiger partial charge in [0.15, 0.2) is 5.78 Å². The van der Waals surface area contributed by atoms with Crippen molar-refractivity contribution in [3.8, 4) is 0 Å². The maximum Gasteiger partial charge on any atom is 0.165 e. The Labute approximate surface area is 123 Å². The van der Waals surface area contributed by atoms with Crippen molar-refractivity contribution in [2.75, 3.05) is 0 Å². The zero-order chi connectivity index (χ0) is 14.1. The topological polar surface area (TPSA) is 42.9 Å². The summed E-state index contributed by atoms with van der Waals surface area (Å²) < 4.78 is 0. The number of ketones is 1. The Morgan fingerprint density at radius 3 is 2.85 bits per heavy atom. The van der Waals surface area contributed by atoms with Crippen LogP contribution in [0.25, 0.3) is 0 Å². The molecule has 0 fully saturated rings. The summed E-state index contributed by atoms with van der Waals surface area (Å²) in [5.41, 5.74) is 3.62. The molecule has 2 aromatic rings. The molecule has 1 atom stereocenters. The van der Waals surface area contributed by atoms with Gasteiger partial charge in [-0.1, -0.05) is 36.7 Å². The SMILES string of the molecule is CCc1cnnc2c1C(=O)CC(c1ccccc1Cl)C2. The molecule has 0 aliphatic heterocycles. The minimum atomic E-state index is 0.102. The third-order valence-corrected chi connectivity index (χ3v) is 4.22. The molecule has 1 aliphatic rings. The van der Waals surface area contributed by atoms with Crippen LogP contribution in [-0.4, -0.2) is 16.0 Å². The molecule has 0 amide bonds. The molecule has 3 nitrogen and oxygen atoms in total. The summed E-state index contributed by atoms with van der Waals surface area (Å²) in [6.07, 6.45) is 3.73. The molecule has 1 unspecified atom stereocenters. The molecule has 0 radical (unpaired) electrons. The van der Waals surface area contributed by atoms with E-state index in [1.807, 2.05) is 31.2 Å². The van der Waals surface area contributed by atoms with Crippen LogP contribution in [0.1, 0.15) is 46.4 Å². The first-order chi connectivity index (χ1) is 9.70. The minimum Gasteiger partial charge on any atom is -0.294 e. The van der Waals surface area contributed by atoms with Gasteiger partial charge in [-0.05, 0) is 36.0 Å². The Morgan fingerprint density at radius 1 is 1.30 bits per heavy atom. The lowest BCUT2D eigenvalue weighted by Gasteiger charge is -2.24. The van der Waals surface area contributed by atoms with Crippen molar-refractivity contribution < 1.29 is 4.79 Å². The van der Waals surface area contributed by atoms with Crippen LogP contribution in [0.15, 0.2) is 30.5 Å². The van der Waals surface area contributed by atoms with Crippen LogP contribution in [-0.2, 0) is 12.8 Å². The monoisotopic (exact) mass is 286 g/mol. The summed E-state index contributed by atoms with van der Waals surface area (Å²) >= 11 is 6.24. The molecule has 0 bridgehead atoms. The molecule has 4 heteroatoms. The minimum absolute atomic E-state index is 0.102. The van der Waals surface area contributed by atoms with Gasteiger partial charge in [0.05, 0.1) is 11.9 Å². The van der Waals surface area contributed by atoms with Gasteiger partial charge in [0.2, 0.25) is 0 Å². The molecule has 0 spiro atoms. The number of benzene rings is 1. The first-order valence-electron chi connectivity index (χ1n) is 6.81. The number of halogens is 1. The van der Waals surface area contributed by atoms with Crippen LogP contribution < -0.4 is 0 Å². The number of aromatic nitrogens is 2. The fourth-order valence-electron chi connectivity index (χ4n) is 2.88. The molecular weight excluding hydrogens is 272 g/mol. The molecule has 102 valence electrons. The molecular formula is C16H15ClN2O. The third kappa shape index (κ3) is 2.22. The standard InChI is InChI=1S/C16H15ClN2O/c1-2-10-9-18-19-14-7-11(8-15(20)16(10)14)12-5-3-4-6-13(12)17/h3-6,9,11H,2,7-8H2,1H3. The second kappa shape index (κ2) is 5.33. The van der Waals surface area contributed by atoms with Crippen molar-refractivity contribution in [2.24, 2.45) is 0 Å². The van der Waals surface area contributed by atoms with Gasteiger partial charge in [-0.25, -0.2) is 0 Å². The number of Topliss-reactive ketones (excluding diaryl/α,β-unsaturated/α-hetero) is 1. The lowest BCUT2D eigenvalue weighted by molar-refractivity contribution is 0.0961. The van der Waals surface area contributed by atoms with Gasteiger partial charge < -0.3 is 0 Å². The van der Waals surface area contributed by atoms with E-state index in [-0.39, 0.29) is 11.7 Å². The quantitative estimate of drug-likeness (QED) is 0.847. The van der Waals surface area contributed by atoms with E-state index in [4.69, 9.17) is 11.6 Å². The van der Waals surface area contributed by atoms with Crippen molar-refractivity contribution in [1.82, 2.24) is 10.2 Å². The van der Waals surface area contributed by atoms with Crippen LogP contribution in [0.4, 0.5) is 0 Å². The number of rotatable bonds is 2. The maximum absolute atomic E-state index is 12.4. The van der Waals surface area contributed by atoms with Gasteiger partial charge >= 0.3 is 0 Å². The summed E-state index contributed by atoms with van der Waals surface area (Å²) in [4.78, 5) is 12.4. The first-order valence-corrected chi connectivity index (χ1v) is 7.19. The average Bonchev–Trinajstić information content (AvgIpc) is 2.46.